The molecule has 110 valence electrons. The van der Waals surface area contributed by atoms with Gasteiger partial charge in [-0.05, 0) is 38.0 Å². The molecule has 0 bridgehead atoms. The minimum atomic E-state index is -3.32. The summed E-state index contributed by atoms with van der Waals surface area (Å²) in [5.41, 5.74) is 1.95. The molecule has 1 saturated heterocycles. The number of hydrogen-bond donors (Lipinski definition) is 2. The van der Waals surface area contributed by atoms with Crippen molar-refractivity contribution >= 4 is 27.4 Å². The van der Waals surface area contributed by atoms with Gasteiger partial charge in [0.15, 0.2) is 0 Å². The lowest BCUT2D eigenvalue weighted by Crippen LogP contribution is -2.26. The van der Waals surface area contributed by atoms with Crippen LogP contribution in [0.5, 0.6) is 0 Å². The minimum absolute atomic E-state index is 0.0867. The number of sulfonamides is 1. The van der Waals surface area contributed by atoms with Crippen molar-refractivity contribution in [3.63, 3.8) is 0 Å². The van der Waals surface area contributed by atoms with Crippen LogP contribution in [0, 0.1) is 6.92 Å². The Hall–Kier alpha value is -1.76. The van der Waals surface area contributed by atoms with Crippen molar-refractivity contribution in [2.45, 2.75) is 20.3 Å². The molecule has 0 radical (unpaired) electrons. The molecule has 2 rings (SSSR count). The molecule has 1 heterocycles. The first-order valence-electron chi connectivity index (χ1n) is 6.49. The third-order valence-electron chi connectivity index (χ3n) is 3.36. The van der Waals surface area contributed by atoms with Gasteiger partial charge in [-0.1, -0.05) is 0 Å². The van der Waals surface area contributed by atoms with E-state index in [1.807, 2.05) is 6.92 Å². The fourth-order valence-corrected chi connectivity index (χ4v) is 3.98. The Morgan fingerprint density at radius 1 is 1.45 bits per heavy atom. The van der Waals surface area contributed by atoms with Crippen LogP contribution in [0.4, 0.5) is 11.4 Å². The minimum Gasteiger partial charge on any atom is -0.478 e. The van der Waals surface area contributed by atoms with E-state index in [4.69, 9.17) is 5.11 Å². The van der Waals surface area contributed by atoms with E-state index < -0.39 is 16.0 Å². The van der Waals surface area contributed by atoms with Gasteiger partial charge in [-0.15, -0.1) is 0 Å². The van der Waals surface area contributed by atoms with E-state index in [0.717, 1.165) is 5.56 Å². The fraction of sp³-hybridized carbons (Fsp3) is 0.462. The monoisotopic (exact) mass is 298 g/mol. The van der Waals surface area contributed by atoms with E-state index in [1.165, 1.54) is 16.4 Å². The zero-order chi connectivity index (χ0) is 14.9. The SMILES string of the molecule is CCNc1cc(C(=O)O)cc(N2CCCS2(=O)=O)c1C. The van der Waals surface area contributed by atoms with Gasteiger partial charge in [0, 0.05) is 18.8 Å². The van der Waals surface area contributed by atoms with Crippen LogP contribution in [0.2, 0.25) is 0 Å². The molecule has 1 aromatic rings. The summed E-state index contributed by atoms with van der Waals surface area (Å²) < 4.78 is 25.4. The molecule has 0 aliphatic carbocycles. The molecule has 0 aromatic heterocycles. The van der Waals surface area contributed by atoms with Gasteiger partial charge in [0.1, 0.15) is 0 Å². The number of carboxylic acid groups (broad SMARTS) is 1. The molecule has 1 aliphatic heterocycles. The second kappa shape index (κ2) is 5.32. The summed E-state index contributed by atoms with van der Waals surface area (Å²) in [4.78, 5) is 11.2. The van der Waals surface area contributed by atoms with Crippen LogP contribution in [-0.2, 0) is 10.0 Å². The second-order valence-corrected chi connectivity index (χ2v) is 6.76. The van der Waals surface area contributed by atoms with Gasteiger partial charge in [0.2, 0.25) is 10.0 Å². The van der Waals surface area contributed by atoms with Crippen LogP contribution in [-0.4, -0.2) is 38.3 Å². The first-order chi connectivity index (χ1) is 9.36. The molecule has 0 saturated carbocycles. The number of carbonyl (C=O) groups is 1. The number of hydrogen-bond acceptors (Lipinski definition) is 4. The van der Waals surface area contributed by atoms with Gasteiger partial charge in [0.05, 0.1) is 17.0 Å². The van der Waals surface area contributed by atoms with Gasteiger partial charge in [-0.25, -0.2) is 13.2 Å². The highest BCUT2D eigenvalue weighted by atomic mass is 32.2. The number of nitrogens with zero attached hydrogens (tertiary/aromatic N) is 1. The van der Waals surface area contributed by atoms with E-state index in [9.17, 15) is 13.2 Å². The lowest BCUT2D eigenvalue weighted by atomic mass is 10.1. The molecule has 0 spiro atoms. The van der Waals surface area contributed by atoms with Crippen molar-refractivity contribution in [3.8, 4) is 0 Å². The Labute approximate surface area is 118 Å². The molecular weight excluding hydrogens is 280 g/mol. The molecule has 0 unspecified atom stereocenters. The Morgan fingerprint density at radius 3 is 2.65 bits per heavy atom. The zero-order valence-electron chi connectivity index (χ0n) is 11.5. The first-order valence-corrected chi connectivity index (χ1v) is 8.10. The highest BCUT2D eigenvalue weighted by Crippen LogP contribution is 2.33. The number of aromatic carboxylic acids is 1. The summed E-state index contributed by atoms with van der Waals surface area (Å²) in [5.74, 6) is -0.956. The van der Waals surface area contributed by atoms with Crippen LogP contribution in [0.1, 0.15) is 29.3 Å². The molecule has 1 aliphatic rings. The van der Waals surface area contributed by atoms with E-state index in [0.29, 0.717) is 30.9 Å². The molecule has 0 atom stereocenters. The third-order valence-corrected chi connectivity index (χ3v) is 5.22. The number of anilines is 2. The number of rotatable bonds is 4. The smallest absolute Gasteiger partial charge is 0.335 e. The summed E-state index contributed by atoms with van der Waals surface area (Å²) >= 11 is 0. The van der Waals surface area contributed by atoms with E-state index >= 15 is 0 Å². The molecule has 0 amide bonds. The Kier molecular flexibility index (Phi) is 3.89. The average Bonchev–Trinajstić information content (AvgIpc) is 2.71. The fourth-order valence-electron chi connectivity index (χ4n) is 2.37. The van der Waals surface area contributed by atoms with Crippen LogP contribution < -0.4 is 9.62 Å². The lowest BCUT2D eigenvalue weighted by molar-refractivity contribution is 0.0697. The number of benzene rings is 1. The standard InChI is InChI=1S/C13H18N2O4S/c1-3-14-11-7-10(13(16)17)8-12(9(11)2)15-5-4-6-20(15,18)19/h7-8,14H,3-6H2,1-2H3,(H,16,17). The van der Waals surface area contributed by atoms with Crippen LogP contribution in [0.25, 0.3) is 0 Å². The third kappa shape index (κ3) is 2.58. The molecule has 20 heavy (non-hydrogen) atoms. The predicted octanol–water partition coefficient (Wildman–Crippen LogP) is 1.66. The van der Waals surface area contributed by atoms with Gasteiger partial charge in [0.25, 0.3) is 0 Å². The van der Waals surface area contributed by atoms with Crippen LogP contribution >= 0.6 is 0 Å². The van der Waals surface area contributed by atoms with Crippen molar-refractivity contribution < 1.29 is 18.3 Å². The van der Waals surface area contributed by atoms with Crippen molar-refractivity contribution in [1.29, 1.82) is 0 Å². The van der Waals surface area contributed by atoms with Crippen LogP contribution in [0.3, 0.4) is 0 Å². The zero-order valence-corrected chi connectivity index (χ0v) is 12.3. The molecule has 1 aromatic carbocycles. The second-order valence-electron chi connectivity index (χ2n) is 4.75. The average molecular weight is 298 g/mol. The number of carboxylic acids is 1. The molecule has 1 fully saturated rings. The van der Waals surface area contributed by atoms with E-state index in [1.54, 1.807) is 6.92 Å². The quantitative estimate of drug-likeness (QED) is 0.883. The van der Waals surface area contributed by atoms with Crippen molar-refractivity contribution in [3.05, 3.63) is 23.3 Å². The summed E-state index contributed by atoms with van der Waals surface area (Å²) in [7, 11) is -3.32. The van der Waals surface area contributed by atoms with Crippen LogP contribution in [0.15, 0.2) is 12.1 Å². The first kappa shape index (κ1) is 14.6. The van der Waals surface area contributed by atoms with Gasteiger partial charge in [-0.3, -0.25) is 4.31 Å². The van der Waals surface area contributed by atoms with Crippen molar-refractivity contribution in [2.75, 3.05) is 28.5 Å². The van der Waals surface area contributed by atoms with Crippen molar-refractivity contribution in [1.82, 2.24) is 0 Å². The van der Waals surface area contributed by atoms with Crippen molar-refractivity contribution in [2.24, 2.45) is 0 Å². The maximum absolute atomic E-state index is 12.0. The Balaban J connectivity index is 2.59. The molecular formula is C13H18N2O4S. The molecule has 6 nitrogen and oxygen atoms in total. The maximum Gasteiger partial charge on any atom is 0.335 e. The maximum atomic E-state index is 12.0. The highest BCUT2D eigenvalue weighted by Gasteiger charge is 2.30. The lowest BCUT2D eigenvalue weighted by Gasteiger charge is -2.22. The predicted molar refractivity (Wildman–Crippen MR) is 78.1 cm³/mol. The van der Waals surface area contributed by atoms with Gasteiger partial charge in [-0.2, -0.15) is 0 Å². The summed E-state index contributed by atoms with van der Waals surface area (Å²) in [6, 6.07) is 2.97. The van der Waals surface area contributed by atoms with E-state index in [-0.39, 0.29) is 11.3 Å². The highest BCUT2D eigenvalue weighted by molar-refractivity contribution is 7.93. The van der Waals surface area contributed by atoms with Gasteiger partial charge >= 0.3 is 5.97 Å². The summed E-state index contributed by atoms with van der Waals surface area (Å²) in [5, 5.41) is 12.2. The largest absolute Gasteiger partial charge is 0.478 e. The molecule has 7 heteroatoms. The molecule has 2 N–H and O–H groups in total. The Morgan fingerprint density at radius 2 is 2.15 bits per heavy atom. The Bertz CT molecular complexity index is 640. The topological polar surface area (TPSA) is 86.7 Å². The van der Waals surface area contributed by atoms with E-state index in [2.05, 4.69) is 5.32 Å². The summed E-state index contributed by atoms with van der Waals surface area (Å²) in [6.45, 7) is 4.74. The van der Waals surface area contributed by atoms with Gasteiger partial charge < -0.3 is 10.4 Å². The normalized spacial score (nSPS) is 17.2. The summed E-state index contributed by atoms with van der Waals surface area (Å²) in [6.07, 6.45) is 0.565. The number of nitrogens with one attached hydrogen (secondary N) is 1.